The summed E-state index contributed by atoms with van der Waals surface area (Å²) in [6.07, 6.45) is 1.03. The minimum Gasteiger partial charge on any atom is -0.496 e. The standard InChI is InChI=1S/C21H32N4OS.HI/c1-6-22-21(25(4)14-13-17-10-9-15-27-17)23-16-19(24(2)3)18-11-7-8-12-20(18)26-5;/h7-12,15,19H,6,13-14,16H2,1-5H3,(H,22,23);1H. The summed E-state index contributed by atoms with van der Waals surface area (Å²) in [4.78, 5) is 10.7. The molecule has 2 rings (SSSR count). The van der Waals surface area contributed by atoms with Crippen LogP contribution in [0.1, 0.15) is 23.4 Å². The Balaban J connectivity index is 0.00000392. The zero-order valence-electron chi connectivity index (χ0n) is 17.5. The molecule has 28 heavy (non-hydrogen) atoms. The predicted octanol–water partition coefficient (Wildman–Crippen LogP) is 4.12. The summed E-state index contributed by atoms with van der Waals surface area (Å²) in [7, 11) is 7.99. The second kappa shape index (κ2) is 13.0. The maximum Gasteiger partial charge on any atom is 0.193 e. The van der Waals surface area contributed by atoms with Crippen LogP contribution in [0.2, 0.25) is 0 Å². The van der Waals surface area contributed by atoms with Crippen LogP contribution in [0.15, 0.2) is 46.8 Å². The van der Waals surface area contributed by atoms with Gasteiger partial charge in [0.2, 0.25) is 0 Å². The summed E-state index contributed by atoms with van der Waals surface area (Å²) in [5.74, 6) is 1.85. The zero-order valence-corrected chi connectivity index (χ0v) is 20.7. The van der Waals surface area contributed by atoms with Crippen molar-refractivity contribution in [2.45, 2.75) is 19.4 Å². The van der Waals surface area contributed by atoms with Gasteiger partial charge in [-0.2, -0.15) is 0 Å². The van der Waals surface area contributed by atoms with Crippen molar-refractivity contribution in [1.29, 1.82) is 0 Å². The van der Waals surface area contributed by atoms with E-state index in [1.807, 2.05) is 12.1 Å². The van der Waals surface area contributed by atoms with Gasteiger partial charge in [-0.3, -0.25) is 4.99 Å². The van der Waals surface area contributed by atoms with Crippen LogP contribution >= 0.6 is 35.3 Å². The fourth-order valence-corrected chi connectivity index (χ4v) is 3.66. The average molecular weight is 516 g/mol. The molecule has 1 aromatic carbocycles. The Morgan fingerprint density at radius 2 is 1.93 bits per heavy atom. The van der Waals surface area contributed by atoms with Gasteiger partial charge in [0.1, 0.15) is 5.75 Å². The van der Waals surface area contributed by atoms with Crippen molar-refractivity contribution in [3.05, 3.63) is 52.2 Å². The van der Waals surface area contributed by atoms with E-state index in [9.17, 15) is 0 Å². The molecule has 0 radical (unpaired) electrons. The van der Waals surface area contributed by atoms with E-state index in [2.05, 4.69) is 72.8 Å². The van der Waals surface area contributed by atoms with Gasteiger partial charge in [0.05, 0.1) is 19.7 Å². The van der Waals surface area contributed by atoms with E-state index in [0.29, 0.717) is 6.54 Å². The van der Waals surface area contributed by atoms with E-state index in [0.717, 1.165) is 36.8 Å². The maximum absolute atomic E-state index is 5.56. The molecule has 1 atom stereocenters. The van der Waals surface area contributed by atoms with Gasteiger partial charge in [-0.1, -0.05) is 24.3 Å². The van der Waals surface area contributed by atoms with E-state index in [1.165, 1.54) is 4.88 Å². The third kappa shape index (κ3) is 7.25. The molecule has 156 valence electrons. The number of nitrogens with zero attached hydrogens (tertiary/aromatic N) is 3. The fourth-order valence-electron chi connectivity index (χ4n) is 2.96. The lowest BCUT2D eigenvalue weighted by Gasteiger charge is -2.27. The highest BCUT2D eigenvalue weighted by atomic mass is 127. The van der Waals surface area contributed by atoms with E-state index in [1.54, 1.807) is 18.4 Å². The lowest BCUT2D eigenvalue weighted by atomic mass is 10.0. The van der Waals surface area contributed by atoms with Crippen molar-refractivity contribution in [1.82, 2.24) is 15.1 Å². The summed E-state index contributed by atoms with van der Waals surface area (Å²) < 4.78 is 5.56. The maximum atomic E-state index is 5.56. The lowest BCUT2D eigenvalue weighted by molar-refractivity contribution is 0.294. The van der Waals surface area contributed by atoms with Gasteiger partial charge in [0.15, 0.2) is 5.96 Å². The second-order valence-electron chi connectivity index (χ2n) is 6.67. The lowest BCUT2D eigenvalue weighted by Crippen LogP contribution is -2.40. The van der Waals surface area contributed by atoms with Crippen molar-refractivity contribution in [3.63, 3.8) is 0 Å². The number of rotatable bonds is 9. The first-order valence-electron chi connectivity index (χ1n) is 9.38. The number of para-hydroxylation sites is 1. The molecular weight excluding hydrogens is 483 g/mol. The van der Waals surface area contributed by atoms with Gasteiger partial charge in [-0.25, -0.2) is 0 Å². The van der Waals surface area contributed by atoms with Crippen molar-refractivity contribution >= 4 is 41.3 Å². The zero-order chi connectivity index (χ0) is 19.6. The third-order valence-corrected chi connectivity index (χ3v) is 5.44. The molecule has 1 aromatic heterocycles. The van der Waals surface area contributed by atoms with Gasteiger partial charge >= 0.3 is 0 Å². The number of likely N-dealkylation sites (N-methyl/N-ethyl adjacent to an activating group) is 2. The van der Waals surface area contributed by atoms with Crippen LogP contribution in [0.4, 0.5) is 0 Å². The van der Waals surface area contributed by atoms with Crippen molar-refractivity contribution in [3.8, 4) is 5.75 Å². The Bertz CT molecular complexity index is 706. The topological polar surface area (TPSA) is 40.1 Å². The molecule has 0 aliphatic carbocycles. The number of benzene rings is 1. The van der Waals surface area contributed by atoms with E-state index in [-0.39, 0.29) is 30.0 Å². The van der Waals surface area contributed by atoms with E-state index < -0.39 is 0 Å². The molecule has 0 fully saturated rings. The molecule has 2 aromatic rings. The van der Waals surface area contributed by atoms with Gasteiger partial charge < -0.3 is 19.9 Å². The van der Waals surface area contributed by atoms with E-state index in [4.69, 9.17) is 9.73 Å². The SMILES string of the molecule is CCNC(=NCC(c1ccccc1OC)N(C)C)N(C)CCc1cccs1.I. The van der Waals surface area contributed by atoms with Crippen LogP contribution < -0.4 is 10.1 Å². The number of methoxy groups -OCH3 is 1. The first-order chi connectivity index (χ1) is 13.1. The smallest absolute Gasteiger partial charge is 0.193 e. The summed E-state index contributed by atoms with van der Waals surface area (Å²) in [5, 5.41) is 5.54. The average Bonchev–Trinajstić information content (AvgIpc) is 3.19. The molecule has 0 aliphatic heterocycles. The molecular formula is C21H33IN4OS. The molecule has 1 heterocycles. The van der Waals surface area contributed by atoms with Crippen LogP contribution in [0.5, 0.6) is 5.75 Å². The Labute approximate surface area is 190 Å². The number of halogens is 1. The molecule has 7 heteroatoms. The number of guanidine groups is 1. The normalized spacial score (nSPS) is 12.4. The number of thiophene rings is 1. The Hall–Kier alpha value is -1.32. The molecule has 1 N–H and O–H groups in total. The van der Waals surface area contributed by atoms with Gasteiger partial charge in [-0.15, -0.1) is 35.3 Å². The van der Waals surface area contributed by atoms with Crippen LogP contribution in [0.3, 0.4) is 0 Å². The summed E-state index contributed by atoms with van der Waals surface area (Å²) in [6, 6.07) is 12.6. The highest BCUT2D eigenvalue weighted by Crippen LogP contribution is 2.28. The molecule has 0 saturated carbocycles. The first-order valence-corrected chi connectivity index (χ1v) is 10.3. The second-order valence-corrected chi connectivity index (χ2v) is 7.70. The highest BCUT2D eigenvalue weighted by molar-refractivity contribution is 14.0. The number of hydrogen-bond acceptors (Lipinski definition) is 4. The Morgan fingerprint density at radius 1 is 1.18 bits per heavy atom. The summed E-state index contributed by atoms with van der Waals surface area (Å²) >= 11 is 1.81. The summed E-state index contributed by atoms with van der Waals surface area (Å²) in [6.45, 7) is 4.56. The fraction of sp³-hybridized carbons (Fsp3) is 0.476. The number of aliphatic imine (C=N–C) groups is 1. The minimum atomic E-state index is 0. The molecule has 5 nitrogen and oxygen atoms in total. The van der Waals surface area contributed by atoms with Gasteiger partial charge in [-0.05, 0) is 45.0 Å². The third-order valence-electron chi connectivity index (χ3n) is 4.51. The molecule has 0 aliphatic rings. The van der Waals surface area contributed by atoms with Crippen molar-refractivity contribution < 1.29 is 4.74 Å². The molecule has 0 saturated heterocycles. The summed E-state index contributed by atoms with van der Waals surface area (Å²) in [5.41, 5.74) is 1.16. The Morgan fingerprint density at radius 3 is 2.54 bits per heavy atom. The number of hydrogen-bond donors (Lipinski definition) is 1. The van der Waals surface area contributed by atoms with Crippen LogP contribution in [0.25, 0.3) is 0 Å². The number of nitrogens with one attached hydrogen (secondary N) is 1. The minimum absolute atomic E-state index is 0. The van der Waals surface area contributed by atoms with Crippen LogP contribution in [-0.4, -0.2) is 63.6 Å². The van der Waals surface area contributed by atoms with E-state index >= 15 is 0 Å². The first kappa shape index (κ1) is 24.7. The van der Waals surface area contributed by atoms with Crippen molar-refractivity contribution in [2.24, 2.45) is 4.99 Å². The van der Waals surface area contributed by atoms with Crippen LogP contribution in [0, 0.1) is 0 Å². The van der Waals surface area contributed by atoms with Gasteiger partial charge in [0, 0.05) is 30.6 Å². The Kier molecular flexibility index (Phi) is 11.5. The van der Waals surface area contributed by atoms with Crippen molar-refractivity contribution in [2.75, 3.05) is 47.9 Å². The largest absolute Gasteiger partial charge is 0.496 e. The number of ether oxygens (including phenoxy) is 1. The highest BCUT2D eigenvalue weighted by Gasteiger charge is 2.18. The molecule has 1 unspecified atom stereocenters. The molecule has 0 spiro atoms. The molecule has 0 amide bonds. The monoisotopic (exact) mass is 516 g/mol. The quantitative estimate of drug-likeness (QED) is 0.309. The van der Waals surface area contributed by atoms with Crippen LogP contribution in [-0.2, 0) is 6.42 Å². The van der Waals surface area contributed by atoms with Gasteiger partial charge in [0.25, 0.3) is 0 Å². The predicted molar refractivity (Wildman–Crippen MR) is 131 cm³/mol. The molecule has 0 bridgehead atoms.